The van der Waals surface area contributed by atoms with E-state index in [1.54, 1.807) is 4.90 Å². The van der Waals surface area contributed by atoms with Crippen LogP contribution in [0.5, 0.6) is 0 Å². The average molecular weight is 926 g/mol. The van der Waals surface area contributed by atoms with Gasteiger partial charge in [0.25, 0.3) is 11.5 Å². The number of nitrogens with zero attached hydrogens (tertiary/aromatic N) is 3. The maximum atomic E-state index is 14.0. The smallest absolute Gasteiger partial charge is 0.323 e. The number of aromatic nitrogens is 1. The minimum Gasteiger partial charge on any atom is -0.481 e. The van der Waals surface area contributed by atoms with Gasteiger partial charge in [-0.1, -0.05) is 154 Å². The standard InChI is InChI=1S/C53H55N3O6S3/c1-35(17-10-6-4-2-3-5-7-15-24-47(57)58)55-51(62)49(65-53(55)63)52-54(34-48(59)60)50(61)46(64-52)33-37-27-30-45-43(32-37)41-22-16-23-44(41)56(45)40-28-25-36(26-29-40)31-42(38-18-11-8-12-19-38)39-20-13-9-14-21-39/h8-9,11-14,18-21,25-33,35,41,44H,2-7,10,15-17,22-24,34H2,1H3,(H,57,58)(H,59,60)/b46-33-,52-49+. The Morgan fingerprint density at radius 3 is 2.06 bits per heavy atom. The molecule has 0 bridgehead atoms. The van der Waals surface area contributed by atoms with Gasteiger partial charge in [-0.15, -0.1) is 11.3 Å². The Kier molecular flexibility index (Phi) is 15.0. The van der Waals surface area contributed by atoms with Gasteiger partial charge in [0.1, 0.15) is 20.4 Å². The molecule has 3 heterocycles. The summed E-state index contributed by atoms with van der Waals surface area (Å²) in [5.41, 5.74) is 8.60. The molecule has 3 atom stereocenters. The van der Waals surface area contributed by atoms with Crippen LogP contribution in [0.3, 0.4) is 0 Å². The molecular formula is C53H55N3O6S3. The molecular weight excluding hydrogens is 871 g/mol. The van der Waals surface area contributed by atoms with E-state index in [9.17, 15) is 24.3 Å². The molecule has 1 saturated heterocycles. The van der Waals surface area contributed by atoms with Crippen LogP contribution >= 0.6 is 35.3 Å². The number of benzene rings is 4. The number of amides is 1. The number of carboxylic acid groups (broad SMARTS) is 2. The topological polar surface area (TPSA) is 120 Å². The van der Waals surface area contributed by atoms with Crippen LogP contribution < -0.4 is 19.7 Å². The average Bonchev–Trinajstić information content (AvgIpc) is 4.05. The summed E-state index contributed by atoms with van der Waals surface area (Å²) < 4.78 is 2.31. The van der Waals surface area contributed by atoms with Crippen molar-refractivity contribution in [2.45, 2.75) is 115 Å². The summed E-state index contributed by atoms with van der Waals surface area (Å²) >= 11 is 8.01. The number of thiazole rings is 1. The van der Waals surface area contributed by atoms with E-state index in [4.69, 9.17) is 17.3 Å². The fourth-order valence-corrected chi connectivity index (χ4v) is 12.4. The molecule has 4 aromatic carbocycles. The quantitative estimate of drug-likeness (QED) is 0.0474. The second-order valence-electron chi connectivity index (χ2n) is 17.4. The van der Waals surface area contributed by atoms with Crippen molar-refractivity contribution in [1.82, 2.24) is 9.47 Å². The van der Waals surface area contributed by atoms with Gasteiger partial charge in [0.15, 0.2) is 0 Å². The lowest BCUT2D eigenvalue weighted by molar-refractivity contribution is -0.138. The molecule has 0 spiro atoms. The predicted molar refractivity (Wildman–Crippen MR) is 268 cm³/mol. The summed E-state index contributed by atoms with van der Waals surface area (Å²) in [6.07, 6.45) is 16.3. The highest BCUT2D eigenvalue weighted by molar-refractivity contribution is 8.30. The first-order valence-corrected chi connectivity index (χ1v) is 24.9. The number of unbranched alkanes of at least 4 members (excludes halogenated alkanes) is 7. The highest BCUT2D eigenvalue weighted by Crippen LogP contribution is 2.52. The Labute approximate surface area is 393 Å². The van der Waals surface area contributed by atoms with E-state index in [1.807, 2.05) is 31.2 Å². The van der Waals surface area contributed by atoms with E-state index in [0.717, 1.165) is 128 Å². The number of thiocarbonyl (C=S) groups is 1. The number of anilines is 2. The van der Waals surface area contributed by atoms with Gasteiger partial charge in [-0.2, -0.15) is 0 Å². The van der Waals surface area contributed by atoms with Gasteiger partial charge >= 0.3 is 11.9 Å². The van der Waals surface area contributed by atoms with Crippen molar-refractivity contribution in [1.29, 1.82) is 0 Å². The summed E-state index contributed by atoms with van der Waals surface area (Å²) in [5.74, 6) is -1.84. The first-order chi connectivity index (χ1) is 31.6. The molecule has 3 unspecified atom stereocenters. The van der Waals surface area contributed by atoms with E-state index < -0.39 is 24.0 Å². The number of carbonyl (C=O) groups excluding carboxylic acids is 1. The summed E-state index contributed by atoms with van der Waals surface area (Å²) in [5, 5.41) is 18.7. The van der Waals surface area contributed by atoms with Crippen molar-refractivity contribution in [2.24, 2.45) is 0 Å². The molecule has 336 valence electrons. The molecule has 1 saturated carbocycles. The molecule has 3 aliphatic rings. The number of hydrogen-bond acceptors (Lipinski definition) is 8. The first-order valence-electron chi connectivity index (χ1n) is 22.9. The number of thioether (sulfide) groups is 1. The van der Waals surface area contributed by atoms with Gasteiger partial charge in [-0.05, 0) is 102 Å². The fourth-order valence-electron chi connectivity index (χ4n) is 9.68. The molecule has 0 radical (unpaired) electrons. The van der Waals surface area contributed by atoms with Crippen LogP contribution in [0.4, 0.5) is 11.4 Å². The summed E-state index contributed by atoms with van der Waals surface area (Å²) in [7, 11) is 0. The Balaban J connectivity index is 1.01. The Hall–Kier alpha value is -5.56. The van der Waals surface area contributed by atoms with Crippen molar-refractivity contribution in [3.63, 3.8) is 0 Å². The lowest BCUT2D eigenvalue weighted by Crippen LogP contribution is -2.38. The summed E-state index contributed by atoms with van der Waals surface area (Å²) in [6, 6.07) is 36.3. The van der Waals surface area contributed by atoms with Gasteiger partial charge in [-0.25, -0.2) is 0 Å². The molecule has 2 N–H and O–H groups in total. The summed E-state index contributed by atoms with van der Waals surface area (Å²) in [6.45, 7) is 1.42. The molecule has 9 nitrogen and oxygen atoms in total. The van der Waals surface area contributed by atoms with Crippen LogP contribution in [0.15, 0.2) is 108 Å². The maximum Gasteiger partial charge on any atom is 0.323 e. The van der Waals surface area contributed by atoms with Crippen LogP contribution in [0.1, 0.15) is 124 Å². The van der Waals surface area contributed by atoms with Gasteiger partial charge in [0.2, 0.25) is 0 Å². The highest BCUT2D eigenvalue weighted by Gasteiger charge is 2.42. The van der Waals surface area contributed by atoms with Crippen LogP contribution in [-0.4, -0.2) is 53.9 Å². The molecule has 65 heavy (non-hydrogen) atoms. The molecule has 1 aliphatic carbocycles. The van der Waals surface area contributed by atoms with Crippen molar-refractivity contribution in [3.05, 3.63) is 150 Å². The molecule has 1 aromatic heterocycles. The number of hydrogen-bond donors (Lipinski definition) is 2. The Morgan fingerprint density at radius 1 is 0.785 bits per heavy atom. The fraction of sp³-hybridized carbons (Fsp3) is 0.340. The van der Waals surface area contributed by atoms with E-state index in [2.05, 4.69) is 95.9 Å². The lowest BCUT2D eigenvalue weighted by Gasteiger charge is -2.27. The largest absolute Gasteiger partial charge is 0.481 e. The van der Waals surface area contributed by atoms with E-state index >= 15 is 0 Å². The molecule has 1 amide bonds. The second kappa shape index (κ2) is 21.2. The van der Waals surface area contributed by atoms with Crippen LogP contribution in [0.2, 0.25) is 0 Å². The van der Waals surface area contributed by atoms with Gasteiger partial charge in [-0.3, -0.25) is 28.6 Å². The zero-order valence-corrected chi connectivity index (χ0v) is 39.1. The van der Waals surface area contributed by atoms with Crippen LogP contribution in [-0.2, 0) is 20.9 Å². The normalized spacial score (nSPS) is 18.3. The zero-order chi connectivity index (χ0) is 45.5. The predicted octanol–water partition coefficient (Wildman–Crippen LogP) is 10.5. The summed E-state index contributed by atoms with van der Waals surface area (Å²) in [4.78, 5) is 55.2. The van der Waals surface area contributed by atoms with Gasteiger partial charge in [0, 0.05) is 35.8 Å². The third-order valence-corrected chi connectivity index (χ3v) is 15.5. The van der Waals surface area contributed by atoms with Crippen LogP contribution in [0, 0.1) is 0 Å². The first kappa shape index (κ1) is 46.0. The van der Waals surface area contributed by atoms with Gasteiger partial charge in [0.05, 0.1) is 4.53 Å². The molecule has 12 heteroatoms. The monoisotopic (exact) mass is 925 g/mol. The number of rotatable bonds is 19. The minimum absolute atomic E-state index is 0.144. The minimum atomic E-state index is -1.16. The zero-order valence-electron chi connectivity index (χ0n) is 36.7. The Morgan fingerprint density at radius 2 is 1.42 bits per heavy atom. The van der Waals surface area contributed by atoms with Crippen molar-refractivity contribution < 1.29 is 24.6 Å². The molecule has 8 rings (SSSR count). The van der Waals surface area contributed by atoms with Gasteiger partial charge < -0.3 is 15.1 Å². The lowest BCUT2D eigenvalue weighted by atomic mass is 9.95. The third kappa shape index (κ3) is 10.6. The number of aliphatic carboxylic acids is 2. The van der Waals surface area contributed by atoms with E-state index in [-0.39, 0.29) is 18.4 Å². The SMILES string of the molecule is CC(CCCCCCCCCCC(=O)O)N1C(=O)/C(=c2\s/c(=C\c3ccc4c(c3)C3CCCC3N4c3ccc(C=C(c4ccccc4)c4ccccc4)cc3)c(=O)n2CC(=O)O)SC1=S. The highest BCUT2D eigenvalue weighted by atomic mass is 32.2. The number of fused-ring (bicyclic) bond motifs is 3. The second-order valence-corrected chi connectivity index (χ2v) is 20.0. The molecule has 5 aromatic rings. The third-order valence-electron chi connectivity index (χ3n) is 12.9. The van der Waals surface area contributed by atoms with E-state index in [1.165, 1.54) is 21.4 Å². The van der Waals surface area contributed by atoms with Crippen molar-refractivity contribution >= 4 is 91.5 Å². The van der Waals surface area contributed by atoms with Crippen molar-refractivity contribution in [2.75, 3.05) is 4.90 Å². The van der Waals surface area contributed by atoms with Crippen LogP contribution in [0.25, 0.3) is 22.6 Å². The van der Waals surface area contributed by atoms with E-state index in [0.29, 0.717) is 30.4 Å². The maximum absolute atomic E-state index is 14.0. The molecule has 2 fully saturated rings. The van der Waals surface area contributed by atoms with Crippen molar-refractivity contribution in [3.8, 4) is 0 Å². The Bertz CT molecular complexity index is 2720. The number of carboxylic acids is 2. The number of carbonyl (C=O) groups is 3. The molecule has 2 aliphatic heterocycles.